The number of likely N-dealkylation sites (tertiary alicyclic amines) is 1. The van der Waals surface area contributed by atoms with Gasteiger partial charge < -0.3 is 25.2 Å². The standard InChI is InChI=1S/C20H36N6O.HI/c1-5-21-20(22-16-18-8-6-9-19(23-18)25(2)3)24-17-10-13-26(14-11-17)12-7-15-27-4;/h6,8-9,17H,5,7,10-16H2,1-4H3,(H2,21,22,24);1H. The number of pyridine rings is 1. The van der Waals surface area contributed by atoms with Gasteiger partial charge in [-0.2, -0.15) is 0 Å². The summed E-state index contributed by atoms with van der Waals surface area (Å²) in [5, 5.41) is 6.96. The number of halogens is 1. The number of guanidine groups is 1. The van der Waals surface area contributed by atoms with Gasteiger partial charge in [0.25, 0.3) is 0 Å². The zero-order valence-electron chi connectivity index (χ0n) is 17.8. The molecule has 1 fully saturated rings. The van der Waals surface area contributed by atoms with Crippen molar-refractivity contribution in [3.63, 3.8) is 0 Å². The van der Waals surface area contributed by atoms with Crippen molar-refractivity contribution in [2.24, 2.45) is 4.99 Å². The molecule has 0 atom stereocenters. The first kappa shape index (κ1) is 24.9. The van der Waals surface area contributed by atoms with Crippen LogP contribution < -0.4 is 15.5 Å². The Balaban J connectivity index is 0.00000392. The number of hydrogen-bond donors (Lipinski definition) is 2. The quantitative estimate of drug-likeness (QED) is 0.233. The minimum Gasteiger partial charge on any atom is -0.385 e. The summed E-state index contributed by atoms with van der Waals surface area (Å²) in [7, 11) is 5.77. The number of hydrogen-bond acceptors (Lipinski definition) is 5. The van der Waals surface area contributed by atoms with Crippen LogP contribution in [0.2, 0.25) is 0 Å². The lowest BCUT2D eigenvalue weighted by Gasteiger charge is -2.33. The Morgan fingerprint density at radius 2 is 2.07 bits per heavy atom. The first-order valence-electron chi connectivity index (χ1n) is 10.0. The highest BCUT2D eigenvalue weighted by molar-refractivity contribution is 14.0. The molecule has 2 N–H and O–H groups in total. The van der Waals surface area contributed by atoms with Crippen LogP contribution in [0.4, 0.5) is 5.82 Å². The van der Waals surface area contributed by atoms with Crippen LogP contribution in [0, 0.1) is 0 Å². The minimum absolute atomic E-state index is 0. The van der Waals surface area contributed by atoms with Gasteiger partial charge in [0.15, 0.2) is 5.96 Å². The molecule has 1 aliphatic rings. The third-order valence-corrected chi connectivity index (χ3v) is 4.74. The molecule has 28 heavy (non-hydrogen) atoms. The topological polar surface area (TPSA) is 65.0 Å². The van der Waals surface area contributed by atoms with Crippen molar-refractivity contribution in [2.75, 3.05) is 58.9 Å². The number of nitrogens with zero attached hydrogens (tertiary/aromatic N) is 4. The number of anilines is 1. The highest BCUT2D eigenvalue weighted by Gasteiger charge is 2.19. The van der Waals surface area contributed by atoms with Crippen molar-refractivity contribution in [2.45, 2.75) is 38.8 Å². The molecule has 0 bridgehead atoms. The molecule has 0 spiro atoms. The highest BCUT2D eigenvalue weighted by Crippen LogP contribution is 2.11. The fourth-order valence-electron chi connectivity index (χ4n) is 3.21. The molecule has 0 saturated carbocycles. The Labute approximate surface area is 187 Å². The number of methoxy groups -OCH3 is 1. The molecule has 2 heterocycles. The summed E-state index contributed by atoms with van der Waals surface area (Å²) in [5.41, 5.74) is 0.978. The maximum Gasteiger partial charge on any atom is 0.191 e. The lowest BCUT2D eigenvalue weighted by molar-refractivity contribution is 0.155. The van der Waals surface area contributed by atoms with Gasteiger partial charge in [0.05, 0.1) is 12.2 Å². The molecule has 0 radical (unpaired) electrons. The van der Waals surface area contributed by atoms with Crippen molar-refractivity contribution < 1.29 is 4.74 Å². The van der Waals surface area contributed by atoms with Gasteiger partial charge in [-0.15, -0.1) is 24.0 Å². The van der Waals surface area contributed by atoms with E-state index in [-0.39, 0.29) is 24.0 Å². The minimum atomic E-state index is 0. The summed E-state index contributed by atoms with van der Waals surface area (Å²) in [4.78, 5) is 13.9. The van der Waals surface area contributed by atoms with Crippen molar-refractivity contribution in [1.82, 2.24) is 20.5 Å². The average molecular weight is 504 g/mol. The molecular weight excluding hydrogens is 467 g/mol. The van der Waals surface area contributed by atoms with Crippen LogP contribution in [0.5, 0.6) is 0 Å². The first-order chi connectivity index (χ1) is 13.1. The Bertz CT molecular complexity index is 576. The third kappa shape index (κ3) is 8.91. The Morgan fingerprint density at radius 1 is 1.32 bits per heavy atom. The van der Waals surface area contributed by atoms with E-state index in [1.165, 1.54) is 0 Å². The van der Waals surface area contributed by atoms with Crippen molar-refractivity contribution >= 4 is 35.8 Å². The van der Waals surface area contributed by atoms with Crippen LogP contribution in [0.25, 0.3) is 0 Å². The average Bonchev–Trinajstić information content (AvgIpc) is 2.68. The van der Waals surface area contributed by atoms with Gasteiger partial charge in [-0.25, -0.2) is 9.98 Å². The lowest BCUT2D eigenvalue weighted by atomic mass is 10.1. The van der Waals surface area contributed by atoms with Crippen LogP contribution >= 0.6 is 24.0 Å². The summed E-state index contributed by atoms with van der Waals surface area (Å²) in [6.45, 7) is 7.77. The van der Waals surface area contributed by atoms with Gasteiger partial charge in [0, 0.05) is 60.0 Å². The molecule has 0 aromatic carbocycles. The maximum atomic E-state index is 5.15. The second-order valence-corrected chi connectivity index (χ2v) is 7.18. The van der Waals surface area contributed by atoms with E-state index in [2.05, 4.69) is 27.4 Å². The van der Waals surface area contributed by atoms with Crippen LogP contribution in [-0.4, -0.2) is 75.9 Å². The molecule has 0 aliphatic carbocycles. The number of aromatic nitrogens is 1. The summed E-state index contributed by atoms with van der Waals surface area (Å²) >= 11 is 0. The van der Waals surface area contributed by atoms with E-state index in [9.17, 15) is 0 Å². The zero-order valence-corrected chi connectivity index (χ0v) is 20.1. The van der Waals surface area contributed by atoms with Crippen LogP contribution in [0.3, 0.4) is 0 Å². The smallest absolute Gasteiger partial charge is 0.191 e. The first-order valence-corrected chi connectivity index (χ1v) is 10.0. The van der Waals surface area contributed by atoms with Crippen LogP contribution in [-0.2, 0) is 11.3 Å². The molecule has 1 saturated heterocycles. The monoisotopic (exact) mass is 504 g/mol. The van der Waals surface area contributed by atoms with Crippen molar-refractivity contribution in [1.29, 1.82) is 0 Å². The van der Waals surface area contributed by atoms with Crippen molar-refractivity contribution in [3.05, 3.63) is 23.9 Å². The summed E-state index contributed by atoms with van der Waals surface area (Å²) < 4.78 is 5.15. The molecular formula is C20H37IN6O. The molecule has 160 valence electrons. The highest BCUT2D eigenvalue weighted by atomic mass is 127. The molecule has 2 rings (SSSR count). The van der Waals surface area contributed by atoms with E-state index in [1.807, 2.05) is 37.2 Å². The van der Waals surface area contributed by atoms with Crippen LogP contribution in [0.1, 0.15) is 31.9 Å². The Hall–Kier alpha value is -1.13. The van der Waals surface area contributed by atoms with Gasteiger partial charge in [-0.05, 0) is 38.3 Å². The van der Waals surface area contributed by atoms with Gasteiger partial charge in [0.2, 0.25) is 0 Å². The van der Waals surface area contributed by atoms with Crippen LogP contribution in [0.15, 0.2) is 23.2 Å². The Morgan fingerprint density at radius 3 is 2.71 bits per heavy atom. The lowest BCUT2D eigenvalue weighted by Crippen LogP contribution is -2.48. The largest absolute Gasteiger partial charge is 0.385 e. The third-order valence-electron chi connectivity index (χ3n) is 4.74. The number of aliphatic imine (C=N–C) groups is 1. The fourth-order valence-corrected chi connectivity index (χ4v) is 3.21. The van der Waals surface area contributed by atoms with E-state index in [4.69, 9.17) is 9.73 Å². The maximum absolute atomic E-state index is 5.15. The molecule has 1 aromatic rings. The van der Waals surface area contributed by atoms with E-state index >= 15 is 0 Å². The second-order valence-electron chi connectivity index (χ2n) is 7.18. The number of nitrogens with one attached hydrogen (secondary N) is 2. The molecule has 0 unspecified atom stereocenters. The number of ether oxygens (including phenoxy) is 1. The van der Waals surface area contributed by atoms with Gasteiger partial charge in [-0.1, -0.05) is 6.07 Å². The predicted molar refractivity (Wildman–Crippen MR) is 128 cm³/mol. The van der Waals surface area contributed by atoms with Gasteiger partial charge >= 0.3 is 0 Å². The molecule has 8 heteroatoms. The summed E-state index contributed by atoms with van der Waals surface area (Å²) in [5.74, 6) is 1.84. The number of rotatable bonds is 9. The predicted octanol–water partition coefficient (Wildman–Crippen LogP) is 2.32. The summed E-state index contributed by atoms with van der Waals surface area (Å²) in [6, 6.07) is 6.55. The van der Waals surface area contributed by atoms with Gasteiger partial charge in [-0.3, -0.25) is 0 Å². The Kier molecular flexibility index (Phi) is 12.4. The van der Waals surface area contributed by atoms with Gasteiger partial charge in [0.1, 0.15) is 5.82 Å². The van der Waals surface area contributed by atoms with E-state index in [1.54, 1.807) is 7.11 Å². The molecule has 0 amide bonds. The normalized spacial score (nSPS) is 15.8. The second kappa shape index (κ2) is 13.9. The summed E-state index contributed by atoms with van der Waals surface area (Å²) in [6.07, 6.45) is 3.40. The van der Waals surface area contributed by atoms with Crippen molar-refractivity contribution in [3.8, 4) is 0 Å². The molecule has 7 nitrogen and oxygen atoms in total. The van der Waals surface area contributed by atoms with E-state index < -0.39 is 0 Å². The zero-order chi connectivity index (χ0) is 19.5. The SMILES string of the molecule is CCNC(=NCc1cccc(N(C)C)n1)NC1CCN(CCCOC)CC1.I. The fraction of sp³-hybridized carbons (Fsp3) is 0.700. The van der Waals surface area contributed by atoms with E-state index in [0.29, 0.717) is 12.6 Å². The van der Waals surface area contributed by atoms with E-state index in [0.717, 1.165) is 69.5 Å². The molecule has 1 aromatic heterocycles. The molecule has 1 aliphatic heterocycles. The number of piperidine rings is 1.